The van der Waals surface area contributed by atoms with Gasteiger partial charge < -0.3 is 4.90 Å². The van der Waals surface area contributed by atoms with Gasteiger partial charge in [-0.2, -0.15) is 10.2 Å². The van der Waals surface area contributed by atoms with Crippen molar-refractivity contribution < 1.29 is 4.79 Å². The molecule has 3 aromatic rings. The van der Waals surface area contributed by atoms with Crippen LogP contribution in [-0.2, 0) is 19.9 Å². The largest absolute Gasteiger partial charge is 0.338 e. The van der Waals surface area contributed by atoms with Gasteiger partial charge in [-0.25, -0.2) is 0 Å². The molecule has 4 rings (SSSR count). The Hall–Kier alpha value is -2.89. The van der Waals surface area contributed by atoms with Crippen molar-refractivity contribution in [3.63, 3.8) is 0 Å². The van der Waals surface area contributed by atoms with Crippen molar-refractivity contribution in [1.29, 1.82) is 0 Å². The van der Waals surface area contributed by atoms with E-state index in [1.165, 1.54) is 11.3 Å². The zero-order chi connectivity index (χ0) is 20.7. The van der Waals surface area contributed by atoms with E-state index in [0.717, 1.165) is 41.1 Å². The minimum atomic E-state index is 0.0916. The van der Waals surface area contributed by atoms with Crippen LogP contribution in [0.4, 0.5) is 0 Å². The summed E-state index contributed by atoms with van der Waals surface area (Å²) in [4.78, 5) is 15.4. The summed E-state index contributed by atoms with van der Waals surface area (Å²) < 4.78 is 3.94. The van der Waals surface area contributed by atoms with Crippen molar-refractivity contribution in [3.8, 4) is 11.3 Å². The van der Waals surface area contributed by atoms with Gasteiger partial charge in [0.05, 0.1) is 17.0 Å². The summed E-state index contributed by atoms with van der Waals surface area (Å²) in [5, 5.41) is 9.38. The molecule has 152 valence electrons. The van der Waals surface area contributed by atoms with Gasteiger partial charge in [-0.05, 0) is 34.1 Å². The molecule has 1 aromatic carbocycles. The zero-order valence-electron chi connectivity index (χ0n) is 17.9. The van der Waals surface area contributed by atoms with E-state index in [1.54, 1.807) is 0 Å². The highest BCUT2D eigenvalue weighted by Gasteiger charge is 2.28. The topological polar surface area (TPSA) is 56.0 Å². The van der Waals surface area contributed by atoms with Crippen molar-refractivity contribution >= 4 is 5.91 Å². The second kappa shape index (κ2) is 7.50. The summed E-state index contributed by atoms with van der Waals surface area (Å²) in [7, 11) is 2.00. The molecule has 1 aliphatic rings. The standard InChI is InChI=1S/C23H29N5O/c1-15(2)28-17(4)21(16(3)24-28)23(29)27-13-11-19-20(12-14-27)26(5)25-22(19)18-9-7-6-8-10-18/h6-10,15H,11-14H2,1-5H3. The first-order valence-electron chi connectivity index (χ1n) is 10.3. The Morgan fingerprint density at radius 3 is 2.38 bits per heavy atom. The Balaban J connectivity index is 1.62. The first-order valence-corrected chi connectivity index (χ1v) is 10.3. The van der Waals surface area contributed by atoms with E-state index in [2.05, 4.69) is 31.1 Å². The maximum atomic E-state index is 13.4. The molecular weight excluding hydrogens is 362 g/mol. The Labute approximate surface area is 172 Å². The maximum absolute atomic E-state index is 13.4. The average molecular weight is 392 g/mol. The SMILES string of the molecule is Cc1nn(C(C)C)c(C)c1C(=O)N1CCc2c(-c3ccccc3)nn(C)c2CC1. The number of carbonyl (C=O) groups is 1. The Morgan fingerprint density at radius 1 is 1.03 bits per heavy atom. The van der Waals surface area contributed by atoms with E-state index in [0.29, 0.717) is 13.1 Å². The van der Waals surface area contributed by atoms with Crippen LogP contribution in [0.2, 0.25) is 0 Å². The normalized spacial score (nSPS) is 14.2. The third-order valence-corrected chi connectivity index (χ3v) is 5.89. The van der Waals surface area contributed by atoms with Crippen LogP contribution in [0, 0.1) is 13.8 Å². The number of aromatic nitrogens is 4. The highest BCUT2D eigenvalue weighted by atomic mass is 16.2. The summed E-state index contributed by atoms with van der Waals surface area (Å²) in [5.41, 5.74) is 7.19. The number of aryl methyl sites for hydroxylation is 2. The Bertz CT molecular complexity index is 1050. The Kier molecular flexibility index (Phi) is 5.03. The molecule has 0 bridgehead atoms. The van der Waals surface area contributed by atoms with Crippen molar-refractivity contribution in [2.75, 3.05) is 13.1 Å². The third-order valence-electron chi connectivity index (χ3n) is 5.89. The van der Waals surface area contributed by atoms with Gasteiger partial charge in [0, 0.05) is 55.1 Å². The first kappa shape index (κ1) is 19.4. The molecule has 6 nitrogen and oxygen atoms in total. The van der Waals surface area contributed by atoms with Crippen LogP contribution in [-0.4, -0.2) is 43.5 Å². The molecule has 1 amide bonds. The van der Waals surface area contributed by atoms with Gasteiger partial charge in [-0.3, -0.25) is 14.2 Å². The lowest BCUT2D eigenvalue weighted by molar-refractivity contribution is 0.0761. The first-order chi connectivity index (χ1) is 13.9. The lowest BCUT2D eigenvalue weighted by atomic mass is 10.0. The number of hydrogen-bond donors (Lipinski definition) is 0. The third kappa shape index (κ3) is 3.37. The molecular formula is C23H29N5O. The summed E-state index contributed by atoms with van der Waals surface area (Å²) in [6.07, 6.45) is 1.63. The number of amides is 1. The summed E-state index contributed by atoms with van der Waals surface area (Å²) in [5.74, 6) is 0.0916. The van der Waals surface area contributed by atoms with Gasteiger partial charge in [0.1, 0.15) is 0 Å². The van der Waals surface area contributed by atoms with Gasteiger partial charge in [-0.15, -0.1) is 0 Å². The van der Waals surface area contributed by atoms with Crippen molar-refractivity contribution in [2.24, 2.45) is 7.05 Å². The van der Waals surface area contributed by atoms with Gasteiger partial charge >= 0.3 is 0 Å². The number of benzene rings is 1. The number of nitrogens with zero attached hydrogens (tertiary/aromatic N) is 5. The smallest absolute Gasteiger partial charge is 0.257 e. The molecule has 29 heavy (non-hydrogen) atoms. The highest BCUT2D eigenvalue weighted by molar-refractivity contribution is 5.96. The molecule has 3 heterocycles. The summed E-state index contributed by atoms with van der Waals surface area (Å²) >= 11 is 0. The minimum Gasteiger partial charge on any atom is -0.338 e. The number of fused-ring (bicyclic) bond motifs is 1. The van der Waals surface area contributed by atoms with Crippen molar-refractivity contribution in [2.45, 2.75) is 46.6 Å². The number of rotatable bonds is 3. The zero-order valence-corrected chi connectivity index (χ0v) is 17.9. The molecule has 0 fully saturated rings. The highest BCUT2D eigenvalue weighted by Crippen LogP contribution is 2.29. The van der Waals surface area contributed by atoms with Gasteiger partial charge in [0.25, 0.3) is 5.91 Å². The summed E-state index contributed by atoms with van der Waals surface area (Å²) in [6, 6.07) is 10.5. The number of carbonyl (C=O) groups excluding carboxylic acids is 1. The molecule has 1 aliphatic heterocycles. The van der Waals surface area contributed by atoms with Gasteiger partial charge in [-0.1, -0.05) is 30.3 Å². The molecule has 2 aromatic heterocycles. The van der Waals surface area contributed by atoms with Gasteiger partial charge in [0.2, 0.25) is 0 Å². The molecule has 0 aliphatic carbocycles. The van der Waals surface area contributed by atoms with Crippen LogP contribution in [0.1, 0.15) is 52.9 Å². The van der Waals surface area contributed by atoms with Crippen LogP contribution in [0.25, 0.3) is 11.3 Å². The second-order valence-electron chi connectivity index (χ2n) is 8.14. The molecule has 0 radical (unpaired) electrons. The molecule has 0 unspecified atom stereocenters. The molecule has 0 atom stereocenters. The van der Waals surface area contributed by atoms with Crippen LogP contribution < -0.4 is 0 Å². The monoisotopic (exact) mass is 391 g/mol. The van der Waals surface area contributed by atoms with Crippen molar-refractivity contribution in [3.05, 3.63) is 58.5 Å². The maximum Gasteiger partial charge on any atom is 0.257 e. The van der Waals surface area contributed by atoms with E-state index in [1.807, 2.05) is 53.4 Å². The molecule has 0 N–H and O–H groups in total. The molecule has 0 saturated carbocycles. The fraction of sp³-hybridized carbons (Fsp3) is 0.435. The Morgan fingerprint density at radius 2 is 1.72 bits per heavy atom. The minimum absolute atomic E-state index is 0.0916. The quantitative estimate of drug-likeness (QED) is 0.684. The second-order valence-corrected chi connectivity index (χ2v) is 8.14. The van der Waals surface area contributed by atoms with Crippen LogP contribution >= 0.6 is 0 Å². The lowest BCUT2D eigenvalue weighted by Crippen LogP contribution is -2.34. The molecule has 6 heteroatoms. The predicted molar refractivity (Wildman–Crippen MR) is 114 cm³/mol. The van der Waals surface area contributed by atoms with Gasteiger partial charge in [0.15, 0.2) is 0 Å². The van der Waals surface area contributed by atoms with Crippen LogP contribution in [0.15, 0.2) is 30.3 Å². The average Bonchev–Trinajstić information content (AvgIpc) is 3.07. The van der Waals surface area contributed by atoms with E-state index in [-0.39, 0.29) is 11.9 Å². The molecule has 0 spiro atoms. The molecule has 0 saturated heterocycles. The lowest BCUT2D eigenvalue weighted by Gasteiger charge is -2.21. The van der Waals surface area contributed by atoms with E-state index < -0.39 is 0 Å². The fourth-order valence-electron chi connectivity index (χ4n) is 4.44. The number of hydrogen-bond acceptors (Lipinski definition) is 3. The van der Waals surface area contributed by atoms with Crippen LogP contribution in [0.5, 0.6) is 0 Å². The van der Waals surface area contributed by atoms with E-state index in [4.69, 9.17) is 5.10 Å². The fourth-order valence-corrected chi connectivity index (χ4v) is 4.44. The van der Waals surface area contributed by atoms with E-state index >= 15 is 0 Å². The van der Waals surface area contributed by atoms with E-state index in [9.17, 15) is 4.79 Å². The van der Waals surface area contributed by atoms with Crippen molar-refractivity contribution in [1.82, 2.24) is 24.5 Å². The predicted octanol–water partition coefficient (Wildman–Crippen LogP) is 3.72. The summed E-state index contributed by atoms with van der Waals surface area (Å²) in [6.45, 7) is 9.51. The van der Waals surface area contributed by atoms with Crippen LogP contribution in [0.3, 0.4) is 0 Å².